The van der Waals surface area contributed by atoms with Crippen LogP contribution in [0.4, 0.5) is 13.2 Å². The predicted molar refractivity (Wildman–Crippen MR) is 69.6 cm³/mol. The Morgan fingerprint density at radius 2 is 2.00 bits per heavy atom. The Labute approximate surface area is 116 Å². The van der Waals surface area contributed by atoms with Crippen molar-refractivity contribution < 1.29 is 17.9 Å². The van der Waals surface area contributed by atoms with E-state index in [1.54, 1.807) is 12.1 Å². The van der Waals surface area contributed by atoms with Gasteiger partial charge in [-0.15, -0.1) is 13.2 Å². The van der Waals surface area contributed by atoms with Gasteiger partial charge in [0, 0.05) is 17.7 Å². The van der Waals surface area contributed by atoms with Gasteiger partial charge in [0.05, 0.1) is 0 Å². The number of likely N-dealkylation sites (tertiary alicyclic amines) is 1. The summed E-state index contributed by atoms with van der Waals surface area (Å²) in [6, 6.07) is 4.59. The quantitative estimate of drug-likeness (QED) is 0.847. The normalized spacial score (nSPS) is 18.2. The van der Waals surface area contributed by atoms with Crippen LogP contribution in [-0.4, -0.2) is 35.9 Å². The van der Waals surface area contributed by atoms with Crippen molar-refractivity contribution in [3.05, 3.63) is 23.9 Å². The molecule has 1 aromatic heterocycles. The Bertz CT molecular complexity index is 429. The van der Waals surface area contributed by atoms with Crippen LogP contribution in [0.25, 0.3) is 0 Å². The van der Waals surface area contributed by atoms with Crippen molar-refractivity contribution in [3.8, 4) is 5.88 Å². The van der Waals surface area contributed by atoms with Crippen molar-refractivity contribution in [1.29, 1.82) is 0 Å². The Morgan fingerprint density at radius 3 is 2.60 bits per heavy atom. The van der Waals surface area contributed by atoms with Gasteiger partial charge in [-0.25, -0.2) is 4.98 Å². The highest BCUT2D eigenvalue weighted by molar-refractivity contribution is 5.19. The van der Waals surface area contributed by atoms with Crippen LogP contribution >= 0.6 is 0 Å². The number of hydrogen-bond donors (Lipinski definition) is 0. The number of aromatic nitrogens is 1. The molecule has 3 nitrogen and oxygen atoms in total. The summed E-state index contributed by atoms with van der Waals surface area (Å²) in [6.07, 6.45) is -1.70. The highest BCUT2D eigenvalue weighted by atomic mass is 19.4. The van der Waals surface area contributed by atoms with E-state index in [1.165, 1.54) is 6.07 Å². The Kier molecular flexibility index (Phi) is 4.86. The van der Waals surface area contributed by atoms with Crippen LogP contribution in [0.5, 0.6) is 5.88 Å². The zero-order chi connectivity index (χ0) is 14.6. The first kappa shape index (κ1) is 15.1. The molecule has 112 valence electrons. The summed E-state index contributed by atoms with van der Waals surface area (Å²) >= 11 is 0. The highest BCUT2D eigenvalue weighted by Gasteiger charge is 2.32. The minimum Gasteiger partial charge on any atom is -0.388 e. The van der Waals surface area contributed by atoms with Crippen molar-refractivity contribution in [3.63, 3.8) is 0 Å². The van der Waals surface area contributed by atoms with Gasteiger partial charge in [-0.3, -0.25) is 0 Å². The molecule has 1 saturated heterocycles. The van der Waals surface area contributed by atoms with Crippen LogP contribution < -0.4 is 4.74 Å². The van der Waals surface area contributed by atoms with Gasteiger partial charge in [0.1, 0.15) is 0 Å². The first-order valence-electron chi connectivity index (χ1n) is 6.93. The van der Waals surface area contributed by atoms with Gasteiger partial charge in [-0.1, -0.05) is 13.0 Å². The maximum atomic E-state index is 12.2. The first-order valence-corrected chi connectivity index (χ1v) is 6.93. The van der Waals surface area contributed by atoms with Crippen molar-refractivity contribution in [2.24, 2.45) is 0 Å². The molecule has 2 rings (SSSR count). The van der Waals surface area contributed by atoms with Crippen LogP contribution in [-0.2, 0) is 0 Å². The second-order valence-electron chi connectivity index (χ2n) is 5.06. The summed E-state index contributed by atoms with van der Waals surface area (Å²) in [5.41, 5.74) is 0.697. The molecule has 1 aliphatic rings. The number of nitrogens with zero attached hydrogens (tertiary/aromatic N) is 2. The smallest absolute Gasteiger partial charge is 0.388 e. The topological polar surface area (TPSA) is 25.4 Å². The molecule has 0 spiro atoms. The zero-order valence-electron chi connectivity index (χ0n) is 11.5. The molecule has 0 saturated carbocycles. The molecule has 1 aliphatic heterocycles. The van der Waals surface area contributed by atoms with Crippen molar-refractivity contribution in [2.75, 3.05) is 19.6 Å². The standard InChI is InChI=1S/C14H19F3N2O/c1-2-8-19-9-6-11(7-10-19)12-4-3-5-13(18-12)20-14(15,16)17/h3-5,11H,2,6-10H2,1H3. The molecule has 0 radical (unpaired) electrons. The molecule has 2 heterocycles. The summed E-state index contributed by atoms with van der Waals surface area (Å²) in [7, 11) is 0. The molecule has 6 heteroatoms. The van der Waals surface area contributed by atoms with E-state index in [4.69, 9.17) is 0 Å². The van der Waals surface area contributed by atoms with E-state index in [0.29, 0.717) is 5.69 Å². The van der Waals surface area contributed by atoms with Gasteiger partial charge in [0.15, 0.2) is 0 Å². The van der Waals surface area contributed by atoms with Gasteiger partial charge in [-0.2, -0.15) is 0 Å². The van der Waals surface area contributed by atoms with Crippen molar-refractivity contribution >= 4 is 0 Å². The van der Waals surface area contributed by atoms with Crippen molar-refractivity contribution in [1.82, 2.24) is 9.88 Å². The highest BCUT2D eigenvalue weighted by Crippen LogP contribution is 2.29. The molecule has 0 atom stereocenters. The number of rotatable bonds is 4. The largest absolute Gasteiger partial charge is 0.574 e. The molecular formula is C14H19F3N2O. The molecule has 0 aromatic carbocycles. The van der Waals surface area contributed by atoms with Crippen LogP contribution in [0.3, 0.4) is 0 Å². The van der Waals surface area contributed by atoms with E-state index in [9.17, 15) is 13.2 Å². The summed E-state index contributed by atoms with van der Waals surface area (Å²) in [4.78, 5) is 6.37. The third-order valence-electron chi connectivity index (χ3n) is 3.51. The minimum atomic E-state index is -4.68. The third kappa shape index (κ3) is 4.37. The molecule has 1 aromatic rings. The van der Waals surface area contributed by atoms with Gasteiger partial charge in [0.2, 0.25) is 5.88 Å². The molecule has 1 fully saturated rings. The molecule has 20 heavy (non-hydrogen) atoms. The monoisotopic (exact) mass is 288 g/mol. The second-order valence-corrected chi connectivity index (χ2v) is 5.06. The van der Waals surface area contributed by atoms with E-state index < -0.39 is 6.36 Å². The lowest BCUT2D eigenvalue weighted by Gasteiger charge is -2.31. The van der Waals surface area contributed by atoms with Crippen LogP contribution in [0.1, 0.15) is 37.8 Å². The minimum absolute atomic E-state index is 0.222. The second kappa shape index (κ2) is 6.43. The maximum absolute atomic E-state index is 12.2. The fraction of sp³-hybridized carbons (Fsp3) is 0.643. The number of alkyl halides is 3. The van der Waals surface area contributed by atoms with Crippen molar-refractivity contribution in [2.45, 2.75) is 38.5 Å². The number of pyridine rings is 1. The van der Waals surface area contributed by atoms with Gasteiger partial charge >= 0.3 is 6.36 Å². The van der Waals surface area contributed by atoms with E-state index in [2.05, 4.69) is 21.5 Å². The number of hydrogen-bond acceptors (Lipinski definition) is 3. The van der Waals surface area contributed by atoms with Gasteiger partial charge in [0.25, 0.3) is 0 Å². The lowest BCUT2D eigenvalue weighted by atomic mass is 9.93. The average Bonchev–Trinajstić information content (AvgIpc) is 2.38. The fourth-order valence-electron chi connectivity index (χ4n) is 2.60. The van der Waals surface area contributed by atoms with Gasteiger partial charge < -0.3 is 9.64 Å². The number of halogens is 3. The van der Waals surface area contributed by atoms with Gasteiger partial charge in [-0.05, 0) is 45.0 Å². The average molecular weight is 288 g/mol. The predicted octanol–water partition coefficient (Wildman–Crippen LogP) is 3.57. The SMILES string of the molecule is CCCN1CCC(c2cccc(OC(F)(F)F)n2)CC1. The lowest BCUT2D eigenvalue weighted by molar-refractivity contribution is -0.276. The van der Waals surface area contributed by atoms with E-state index in [-0.39, 0.29) is 11.8 Å². The molecular weight excluding hydrogens is 269 g/mol. The Morgan fingerprint density at radius 1 is 1.30 bits per heavy atom. The van der Waals surface area contributed by atoms with E-state index >= 15 is 0 Å². The molecule has 0 amide bonds. The first-order chi connectivity index (χ1) is 9.48. The summed E-state index contributed by atoms with van der Waals surface area (Å²) in [6.45, 7) is 5.18. The van der Waals surface area contributed by atoms with Crippen LogP contribution in [0.15, 0.2) is 18.2 Å². The lowest BCUT2D eigenvalue weighted by Crippen LogP contribution is -2.33. The summed E-state index contributed by atoms with van der Waals surface area (Å²) in [5.74, 6) is -0.147. The molecule has 0 bridgehead atoms. The van der Waals surface area contributed by atoms with Crippen LogP contribution in [0, 0.1) is 0 Å². The number of piperidine rings is 1. The Balaban J connectivity index is 1.98. The summed E-state index contributed by atoms with van der Waals surface area (Å²) < 4.78 is 40.4. The number of ether oxygens (including phenoxy) is 1. The molecule has 0 N–H and O–H groups in total. The fourth-order valence-corrected chi connectivity index (χ4v) is 2.60. The van der Waals surface area contributed by atoms with Crippen LogP contribution in [0.2, 0.25) is 0 Å². The Hall–Kier alpha value is -1.30. The summed E-state index contributed by atoms with van der Waals surface area (Å²) in [5, 5.41) is 0. The molecule has 0 unspecified atom stereocenters. The van der Waals surface area contributed by atoms with E-state index in [0.717, 1.165) is 38.9 Å². The zero-order valence-corrected chi connectivity index (χ0v) is 11.5. The maximum Gasteiger partial charge on any atom is 0.574 e. The van der Waals surface area contributed by atoms with E-state index in [1.807, 2.05) is 0 Å². The third-order valence-corrected chi connectivity index (χ3v) is 3.51. The molecule has 0 aliphatic carbocycles.